The zero-order valence-corrected chi connectivity index (χ0v) is 15.6. The molecule has 8 heteroatoms. The molecule has 0 aromatic heterocycles. The highest BCUT2D eigenvalue weighted by Crippen LogP contribution is 2.15. The Bertz CT molecular complexity index is 778. The summed E-state index contributed by atoms with van der Waals surface area (Å²) in [5.41, 5.74) is 1.22. The summed E-state index contributed by atoms with van der Waals surface area (Å²) in [5.74, 6) is -0.329. The van der Waals surface area contributed by atoms with Gasteiger partial charge in [0.25, 0.3) is 5.91 Å². The largest absolute Gasteiger partial charge is 0.494 e. The number of benzene rings is 2. The second-order valence-electron chi connectivity index (χ2n) is 5.66. The summed E-state index contributed by atoms with van der Waals surface area (Å²) in [6.07, 6.45) is -0.0431. The van der Waals surface area contributed by atoms with Crippen LogP contribution in [0.15, 0.2) is 54.6 Å². The number of rotatable bonds is 9. The normalized spacial score (nSPS) is 9.89. The van der Waals surface area contributed by atoms with E-state index in [4.69, 9.17) is 9.47 Å². The number of amides is 3. The fourth-order valence-electron chi connectivity index (χ4n) is 2.19. The number of carbonyl (C=O) groups excluding carboxylic acids is 3. The molecule has 0 radical (unpaired) electrons. The van der Waals surface area contributed by atoms with Crippen LogP contribution in [0, 0.1) is 0 Å². The number of esters is 1. The monoisotopic (exact) mass is 385 g/mol. The molecule has 0 aliphatic rings. The zero-order valence-electron chi connectivity index (χ0n) is 15.6. The van der Waals surface area contributed by atoms with E-state index in [-0.39, 0.29) is 13.0 Å². The number of nitrogens with one attached hydrogen (secondary N) is 3. The molecule has 0 aliphatic heterocycles. The smallest absolute Gasteiger partial charge is 0.319 e. The van der Waals surface area contributed by atoms with Crippen LogP contribution in [-0.4, -0.2) is 37.7 Å². The van der Waals surface area contributed by atoms with Crippen LogP contribution in [0.2, 0.25) is 0 Å². The zero-order chi connectivity index (χ0) is 20.2. The molecule has 2 aromatic carbocycles. The fourth-order valence-corrected chi connectivity index (χ4v) is 2.19. The lowest BCUT2D eigenvalue weighted by Crippen LogP contribution is -2.31. The Morgan fingerprint density at radius 1 is 0.893 bits per heavy atom. The van der Waals surface area contributed by atoms with E-state index >= 15 is 0 Å². The van der Waals surface area contributed by atoms with Crippen molar-refractivity contribution in [3.8, 4) is 5.75 Å². The van der Waals surface area contributed by atoms with E-state index < -0.39 is 24.5 Å². The minimum absolute atomic E-state index is 0.0431. The van der Waals surface area contributed by atoms with Crippen molar-refractivity contribution < 1.29 is 23.9 Å². The summed E-state index contributed by atoms with van der Waals surface area (Å²) in [6, 6.07) is 15.4. The summed E-state index contributed by atoms with van der Waals surface area (Å²) < 4.78 is 10.2. The van der Waals surface area contributed by atoms with Crippen molar-refractivity contribution in [3.63, 3.8) is 0 Å². The number of ether oxygens (including phenoxy) is 2. The third-order valence-electron chi connectivity index (χ3n) is 3.46. The molecule has 8 nitrogen and oxygen atoms in total. The van der Waals surface area contributed by atoms with Crippen LogP contribution in [0.4, 0.5) is 16.2 Å². The Morgan fingerprint density at radius 3 is 2.25 bits per heavy atom. The number of anilines is 2. The first-order valence-electron chi connectivity index (χ1n) is 8.85. The number of para-hydroxylation sites is 1. The van der Waals surface area contributed by atoms with E-state index in [0.717, 1.165) is 0 Å². The molecule has 0 saturated carbocycles. The summed E-state index contributed by atoms with van der Waals surface area (Å²) in [6.45, 7) is 2.14. The van der Waals surface area contributed by atoms with Gasteiger partial charge in [-0.1, -0.05) is 18.2 Å². The lowest BCUT2D eigenvalue weighted by molar-refractivity contribution is -0.147. The minimum Gasteiger partial charge on any atom is -0.494 e. The maximum Gasteiger partial charge on any atom is 0.319 e. The van der Waals surface area contributed by atoms with Gasteiger partial charge in [0, 0.05) is 17.9 Å². The van der Waals surface area contributed by atoms with E-state index in [0.29, 0.717) is 23.7 Å². The second-order valence-corrected chi connectivity index (χ2v) is 5.66. The Labute approximate surface area is 163 Å². The number of hydrogen-bond acceptors (Lipinski definition) is 5. The molecular formula is C20H23N3O5. The molecule has 148 valence electrons. The van der Waals surface area contributed by atoms with Crippen molar-refractivity contribution in [2.75, 3.05) is 30.4 Å². The predicted molar refractivity (Wildman–Crippen MR) is 105 cm³/mol. The van der Waals surface area contributed by atoms with Crippen molar-refractivity contribution in [1.29, 1.82) is 0 Å². The molecule has 0 aliphatic carbocycles. The standard InChI is InChI=1S/C20H23N3O5/c1-2-27-17-10-8-16(9-11-17)22-18(24)14-28-19(25)12-13-21-20(26)23-15-6-4-3-5-7-15/h3-11H,2,12-14H2,1H3,(H,22,24)(H2,21,23,26). The molecule has 2 aromatic rings. The second kappa shape index (κ2) is 11.2. The molecule has 0 spiro atoms. The van der Waals surface area contributed by atoms with Crippen LogP contribution in [0.3, 0.4) is 0 Å². The molecule has 0 bridgehead atoms. The maximum absolute atomic E-state index is 11.8. The SMILES string of the molecule is CCOc1ccc(NC(=O)COC(=O)CCNC(=O)Nc2ccccc2)cc1. The van der Waals surface area contributed by atoms with Crippen molar-refractivity contribution in [1.82, 2.24) is 5.32 Å². The van der Waals surface area contributed by atoms with Crippen molar-refractivity contribution in [2.24, 2.45) is 0 Å². The number of urea groups is 1. The quantitative estimate of drug-likeness (QED) is 0.576. The van der Waals surface area contributed by atoms with Gasteiger partial charge in [-0.2, -0.15) is 0 Å². The summed E-state index contributed by atoms with van der Waals surface area (Å²) >= 11 is 0. The van der Waals surface area contributed by atoms with Crippen molar-refractivity contribution >= 4 is 29.3 Å². The van der Waals surface area contributed by atoms with Gasteiger partial charge >= 0.3 is 12.0 Å². The van der Waals surface area contributed by atoms with Gasteiger partial charge in [-0.25, -0.2) is 4.79 Å². The fraction of sp³-hybridized carbons (Fsp3) is 0.250. The van der Waals surface area contributed by atoms with E-state index in [2.05, 4.69) is 16.0 Å². The van der Waals surface area contributed by atoms with Crippen molar-refractivity contribution in [3.05, 3.63) is 54.6 Å². The van der Waals surface area contributed by atoms with E-state index in [1.807, 2.05) is 13.0 Å². The molecule has 0 saturated heterocycles. The van der Waals surface area contributed by atoms with Gasteiger partial charge in [-0.05, 0) is 43.3 Å². The molecule has 0 heterocycles. The molecule has 0 fully saturated rings. The van der Waals surface area contributed by atoms with E-state index in [1.54, 1.807) is 48.5 Å². The number of hydrogen-bond donors (Lipinski definition) is 3. The Hall–Kier alpha value is -3.55. The highest BCUT2D eigenvalue weighted by molar-refractivity contribution is 5.93. The first-order chi connectivity index (χ1) is 13.6. The van der Waals surface area contributed by atoms with Gasteiger partial charge in [-0.15, -0.1) is 0 Å². The van der Waals surface area contributed by atoms with E-state index in [1.165, 1.54) is 0 Å². The summed E-state index contributed by atoms with van der Waals surface area (Å²) in [4.78, 5) is 35.2. The topological polar surface area (TPSA) is 106 Å². The molecular weight excluding hydrogens is 362 g/mol. The van der Waals surface area contributed by atoms with Crippen LogP contribution >= 0.6 is 0 Å². The third kappa shape index (κ3) is 7.77. The van der Waals surface area contributed by atoms with Gasteiger partial charge < -0.3 is 25.4 Å². The molecule has 0 unspecified atom stereocenters. The van der Waals surface area contributed by atoms with Gasteiger partial charge in [0.05, 0.1) is 13.0 Å². The first kappa shape index (κ1) is 20.8. The lowest BCUT2D eigenvalue weighted by Gasteiger charge is -2.09. The third-order valence-corrected chi connectivity index (χ3v) is 3.46. The lowest BCUT2D eigenvalue weighted by atomic mass is 10.3. The van der Waals surface area contributed by atoms with Gasteiger partial charge in [-0.3, -0.25) is 9.59 Å². The molecule has 3 amide bonds. The summed E-state index contributed by atoms with van der Waals surface area (Å²) in [5, 5.41) is 7.79. The molecule has 0 atom stereocenters. The Morgan fingerprint density at radius 2 is 1.57 bits per heavy atom. The Balaban J connectivity index is 1.61. The van der Waals surface area contributed by atoms with Crippen LogP contribution in [0.5, 0.6) is 5.75 Å². The predicted octanol–water partition coefficient (Wildman–Crippen LogP) is 2.78. The maximum atomic E-state index is 11.8. The average Bonchev–Trinajstić information content (AvgIpc) is 2.69. The van der Waals surface area contributed by atoms with Gasteiger partial charge in [0.15, 0.2) is 6.61 Å². The van der Waals surface area contributed by atoms with Gasteiger partial charge in [0.1, 0.15) is 5.75 Å². The van der Waals surface area contributed by atoms with E-state index in [9.17, 15) is 14.4 Å². The van der Waals surface area contributed by atoms with Crippen LogP contribution < -0.4 is 20.7 Å². The average molecular weight is 385 g/mol. The van der Waals surface area contributed by atoms with Crippen LogP contribution in [-0.2, 0) is 14.3 Å². The van der Waals surface area contributed by atoms with Gasteiger partial charge in [0.2, 0.25) is 0 Å². The highest BCUT2D eigenvalue weighted by atomic mass is 16.5. The Kier molecular flexibility index (Phi) is 8.32. The van der Waals surface area contributed by atoms with Crippen molar-refractivity contribution in [2.45, 2.75) is 13.3 Å². The molecule has 3 N–H and O–H groups in total. The first-order valence-corrected chi connectivity index (χ1v) is 8.85. The van der Waals surface area contributed by atoms with Crippen LogP contribution in [0.1, 0.15) is 13.3 Å². The number of carbonyl (C=O) groups is 3. The summed E-state index contributed by atoms with van der Waals surface area (Å²) in [7, 11) is 0. The molecule has 2 rings (SSSR count). The highest BCUT2D eigenvalue weighted by Gasteiger charge is 2.09. The van der Waals surface area contributed by atoms with Crippen LogP contribution in [0.25, 0.3) is 0 Å². The minimum atomic E-state index is -0.582. The molecule has 28 heavy (non-hydrogen) atoms.